The zero-order chi connectivity index (χ0) is 23.2. The Hall–Kier alpha value is -2.12. The number of ether oxygens (including phenoxy) is 1. The Kier molecular flexibility index (Phi) is 12.1. The smallest absolute Gasteiger partial charge is 0.253 e. The van der Waals surface area contributed by atoms with Gasteiger partial charge in [0.2, 0.25) is 5.91 Å². The lowest BCUT2D eigenvalue weighted by molar-refractivity contribution is -0.116. The van der Waals surface area contributed by atoms with Crippen LogP contribution in [0.15, 0.2) is 18.2 Å². The van der Waals surface area contributed by atoms with E-state index >= 15 is 0 Å². The van der Waals surface area contributed by atoms with Crippen LogP contribution < -0.4 is 15.5 Å². The highest BCUT2D eigenvalue weighted by Crippen LogP contribution is 2.23. The molecule has 1 fully saturated rings. The van der Waals surface area contributed by atoms with Gasteiger partial charge in [-0.3, -0.25) is 14.5 Å². The van der Waals surface area contributed by atoms with Crippen molar-refractivity contribution < 1.29 is 14.3 Å². The van der Waals surface area contributed by atoms with E-state index in [1.165, 1.54) is 32.1 Å². The third kappa shape index (κ3) is 9.57. The van der Waals surface area contributed by atoms with Gasteiger partial charge in [-0.2, -0.15) is 0 Å². The van der Waals surface area contributed by atoms with Gasteiger partial charge < -0.3 is 20.3 Å². The summed E-state index contributed by atoms with van der Waals surface area (Å²) in [6.45, 7) is 6.91. The van der Waals surface area contributed by atoms with Crippen molar-refractivity contribution in [3.8, 4) is 0 Å². The molecule has 0 bridgehead atoms. The molecule has 2 rings (SSSR count). The first-order valence-corrected chi connectivity index (χ1v) is 12.2. The second-order valence-electron chi connectivity index (χ2n) is 8.76. The second-order valence-corrected chi connectivity index (χ2v) is 8.76. The maximum atomic E-state index is 12.9. The van der Waals surface area contributed by atoms with Crippen LogP contribution in [0.4, 0.5) is 11.4 Å². The third-order valence-electron chi connectivity index (χ3n) is 5.83. The monoisotopic (exact) mass is 446 g/mol. The summed E-state index contributed by atoms with van der Waals surface area (Å²) < 4.78 is 5.36. The Balaban J connectivity index is 1.83. The molecule has 0 aromatic heterocycles. The highest BCUT2D eigenvalue weighted by Gasteiger charge is 2.16. The van der Waals surface area contributed by atoms with Gasteiger partial charge in [0.25, 0.3) is 5.91 Å². The minimum absolute atomic E-state index is 0.00911. The van der Waals surface area contributed by atoms with Crippen molar-refractivity contribution in [2.75, 3.05) is 63.7 Å². The SMILES string of the molecule is CCCCCCCCCC(=O)Nc1ccc(N(C)C)c(C(=O)NCCN2CCOCC2)c1. The molecule has 32 heavy (non-hydrogen) atoms. The molecule has 0 aliphatic carbocycles. The van der Waals surface area contributed by atoms with E-state index in [4.69, 9.17) is 4.74 Å². The van der Waals surface area contributed by atoms with Gasteiger partial charge in [-0.1, -0.05) is 45.4 Å². The summed E-state index contributed by atoms with van der Waals surface area (Å²) in [5.41, 5.74) is 2.08. The molecule has 1 saturated heterocycles. The molecule has 1 aromatic rings. The second kappa shape index (κ2) is 14.9. The number of nitrogens with zero attached hydrogens (tertiary/aromatic N) is 2. The average Bonchev–Trinajstić information content (AvgIpc) is 2.79. The van der Waals surface area contributed by atoms with Crippen LogP contribution in [0.5, 0.6) is 0 Å². The van der Waals surface area contributed by atoms with Gasteiger partial charge in [0.15, 0.2) is 0 Å². The van der Waals surface area contributed by atoms with E-state index in [1.54, 1.807) is 6.07 Å². The minimum Gasteiger partial charge on any atom is -0.379 e. The number of amides is 2. The summed E-state index contributed by atoms with van der Waals surface area (Å²) in [7, 11) is 3.83. The average molecular weight is 447 g/mol. The van der Waals surface area contributed by atoms with Crippen LogP contribution in [-0.4, -0.2) is 70.2 Å². The normalized spacial score (nSPS) is 14.2. The summed E-state index contributed by atoms with van der Waals surface area (Å²) in [5.74, 6) is -0.111. The number of morpholine rings is 1. The first-order chi connectivity index (χ1) is 15.5. The lowest BCUT2D eigenvalue weighted by Gasteiger charge is -2.26. The number of rotatable bonds is 14. The van der Waals surface area contributed by atoms with E-state index in [0.717, 1.165) is 51.4 Å². The van der Waals surface area contributed by atoms with E-state index < -0.39 is 0 Å². The lowest BCUT2D eigenvalue weighted by atomic mass is 10.1. The molecule has 0 radical (unpaired) electrons. The highest BCUT2D eigenvalue weighted by molar-refractivity contribution is 6.02. The topological polar surface area (TPSA) is 73.9 Å². The molecule has 1 aliphatic heterocycles. The molecule has 7 nitrogen and oxygen atoms in total. The summed E-state index contributed by atoms with van der Waals surface area (Å²) in [6.07, 6.45) is 8.80. The summed E-state index contributed by atoms with van der Waals surface area (Å²) in [4.78, 5) is 29.4. The highest BCUT2D eigenvalue weighted by atomic mass is 16.5. The molecule has 0 atom stereocenters. The van der Waals surface area contributed by atoms with Crippen LogP contribution >= 0.6 is 0 Å². The molecular weight excluding hydrogens is 404 g/mol. The van der Waals surface area contributed by atoms with Crippen molar-refractivity contribution in [3.05, 3.63) is 23.8 Å². The lowest BCUT2D eigenvalue weighted by Crippen LogP contribution is -2.41. The zero-order valence-corrected chi connectivity index (χ0v) is 20.3. The zero-order valence-electron chi connectivity index (χ0n) is 20.3. The first-order valence-electron chi connectivity index (χ1n) is 12.2. The third-order valence-corrected chi connectivity index (χ3v) is 5.83. The number of benzene rings is 1. The molecule has 0 unspecified atom stereocenters. The number of carbonyl (C=O) groups is 2. The maximum absolute atomic E-state index is 12.9. The fourth-order valence-corrected chi connectivity index (χ4v) is 3.90. The summed E-state index contributed by atoms with van der Waals surface area (Å²) >= 11 is 0. The Morgan fingerprint density at radius 1 is 1.03 bits per heavy atom. The van der Waals surface area contributed by atoms with E-state index in [0.29, 0.717) is 24.2 Å². The van der Waals surface area contributed by atoms with Crippen molar-refractivity contribution in [3.63, 3.8) is 0 Å². The van der Waals surface area contributed by atoms with Crippen molar-refractivity contribution in [1.82, 2.24) is 10.2 Å². The Labute approximate surface area is 193 Å². The molecule has 2 amide bonds. The van der Waals surface area contributed by atoms with Gasteiger partial charge in [-0.15, -0.1) is 0 Å². The van der Waals surface area contributed by atoms with Crippen LogP contribution in [0.1, 0.15) is 68.6 Å². The molecule has 0 spiro atoms. The van der Waals surface area contributed by atoms with E-state index in [2.05, 4.69) is 22.5 Å². The molecule has 180 valence electrons. The van der Waals surface area contributed by atoms with Crippen LogP contribution in [-0.2, 0) is 9.53 Å². The Bertz CT molecular complexity index is 702. The van der Waals surface area contributed by atoms with Gasteiger partial charge >= 0.3 is 0 Å². The fraction of sp³-hybridized carbons (Fsp3) is 0.680. The van der Waals surface area contributed by atoms with Gasteiger partial charge in [-0.25, -0.2) is 0 Å². The van der Waals surface area contributed by atoms with Crippen LogP contribution in [0.2, 0.25) is 0 Å². The van der Waals surface area contributed by atoms with E-state index in [9.17, 15) is 9.59 Å². The summed E-state index contributed by atoms with van der Waals surface area (Å²) in [5, 5.41) is 5.99. The minimum atomic E-state index is -0.120. The number of anilines is 2. The van der Waals surface area contributed by atoms with Crippen molar-refractivity contribution in [2.24, 2.45) is 0 Å². The number of carbonyl (C=O) groups excluding carboxylic acids is 2. The molecule has 1 aromatic carbocycles. The molecular formula is C25H42N4O3. The number of hydrogen-bond acceptors (Lipinski definition) is 5. The standard InChI is InChI=1S/C25H42N4O3/c1-4-5-6-7-8-9-10-11-24(30)27-21-12-13-23(28(2)3)22(20-21)25(31)26-14-15-29-16-18-32-19-17-29/h12-13,20H,4-11,14-19H2,1-3H3,(H,26,31)(H,27,30). The van der Waals surface area contributed by atoms with Crippen LogP contribution in [0, 0.1) is 0 Å². The predicted molar refractivity (Wildman–Crippen MR) is 132 cm³/mol. The maximum Gasteiger partial charge on any atom is 0.253 e. The number of nitrogens with one attached hydrogen (secondary N) is 2. The van der Waals surface area contributed by atoms with E-state index in [-0.39, 0.29) is 11.8 Å². The van der Waals surface area contributed by atoms with Crippen molar-refractivity contribution in [2.45, 2.75) is 58.3 Å². The van der Waals surface area contributed by atoms with Gasteiger partial charge in [0.1, 0.15) is 0 Å². The molecule has 2 N–H and O–H groups in total. The van der Waals surface area contributed by atoms with Crippen molar-refractivity contribution >= 4 is 23.2 Å². The van der Waals surface area contributed by atoms with Crippen LogP contribution in [0.3, 0.4) is 0 Å². The largest absolute Gasteiger partial charge is 0.379 e. The van der Waals surface area contributed by atoms with Gasteiger partial charge in [-0.05, 0) is 24.6 Å². The predicted octanol–water partition coefficient (Wildman–Crippen LogP) is 3.89. The molecule has 7 heteroatoms. The molecule has 1 heterocycles. The van der Waals surface area contributed by atoms with Gasteiger partial charge in [0.05, 0.1) is 18.8 Å². The Morgan fingerprint density at radius 3 is 2.41 bits per heavy atom. The summed E-state index contributed by atoms with van der Waals surface area (Å²) in [6, 6.07) is 5.53. The van der Waals surface area contributed by atoms with Crippen LogP contribution in [0.25, 0.3) is 0 Å². The number of hydrogen-bond donors (Lipinski definition) is 2. The Morgan fingerprint density at radius 2 is 1.72 bits per heavy atom. The van der Waals surface area contributed by atoms with Gasteiger partial charge in [0, 0.05) is 58.1 Å². The molecule has 0 saturated carbocycles. The quantitative estimate of drug-likeness (QED) is 0.424. The fourth-order valence-electron chi connectivity index (χ4n) is 3.90. The molecule has 1 aliphatic rings. The first kappa shape index (κ1) is 26.1. The van der Waals surface area contributed by atoms with E-state index in [1.807, 2.05) is 31.1 Å². The number of unbranched alkanes of at least 4 members (excludes halogenated alkanes) is 6. The van der Waals surface area contributed by atoms with Crippen molar-refractivity contribution in [1.29, 1.82) is 0 Å².